The van der Waals surface area contributed by atoms with E-state index in [1.165, 1.54) is 0 Å². The molecule has 0 saturated carbocycles. The Morgan fingerprint density at radius 2 is 1.96 bits per heavy atom. The Labute approximate surface area is 166 Å². The molecule has 0 aliphatic carbocycles. The normalized spacial score (nSPS) is 11.5. The molecule has 0 N–H and O–H groups in total. The predicted molar refractivity (Wildman–Crippen MR) is 109 cm³/mol. The number of benzene rings is 1. The van der Waals surface area contributed by atoms with Crippen molar-refractivity contribution in [3.63, 3.8) is 0 Å². The summed E-state index contributed by atoms with van der Waals surface area (Å²) < 4.78 is 7.16. The molecule has 1 aromatic carbocycles. The van der Waals surface area contributed by atoms with E-state index < -0.39 is 5.63 Å². The molecular weight excluding hydrogens is 376 g/mol. The lowest BCUT2D eigenvalue weighted by atomic mass is 10.1. The van der Waals surface area contributed by atoms with Gasteiger partial charge in [-0.25, -0.2) is 19.4 Å². The largest absolute Gasteiger partial charge is 0.401 e. The number of rotatable bonds is 3. The van der Waals surface area contributed by atoms with E-state index >= 15 is 0 Å². The van der Waals surface area contributed by atoms with Gasteiger partial charge in [0, 0.05) is 6.20 Å². The Balaban J connectivity index is 2.02. The summed E-state index contributed by atoms with van der Waals surface area (Å²) in [5, 5.41) is 5.54. The minimum absolute atomic E-state index is 0.166. The lowest BCUT2D eigenvalue weighted by molar-refractivity contribution is 0.513. The zero-order valence-electron chi connectivity index (χ0n) is 16.0. The lowest BCUT2D eigenvalue weighted by Crippen LogP contribution is -2.08. The van der Waals surface area contributed by atoms with Gasteiger partial charge >= 0.3 is 5.63 Å². The maximum atomic E-state index is 12.7. The highest BCUT2D eigenvalue weighted by atomic mass is 35.5. The van der Waals surface area contributed by atoms with Crippen LogP contribution in [0.15, 0.2) is 45.7 Å². The summed E-state index contributed by atoms with van der Waals surface area (Å²) in [5.41, 5.74) is 3.43. The number of pyridine rings is 1. The van der Waals surface area contributed by atoms with Crippen LogP contribution in [0.2, 0.25) is 5.02 Å². The van der Waals surface area contributed by atoms with Crippen LogP contribution in [0.1, 0.15) is 36.6 Å². The van der Waals surface area contributed by atoms with Gasteiger partial charge in [-0.15, -0.1) is 0 Å². The predicted octanol–water partition coefficient (Wildman–Crippen LogP) is 4.83. The van der Waals surface area contributed by atoms with E-state index in [1.54, 1.807) is 29.1 Å². The van der Waals surface area contributed by atoms with Crippen LogP contribution in [0.3, 0.4) is 0 Å². The van der Waals surface area contributed by atoms with Crippen molar-refractivity contribution in [1.82, 2.24) is 19.7 Å². The Kier molecular flexibility index (Phi) is 4.51. The van der Waals surface area contributed by atoms with Crippen molar-refractivity contribution in [2.45, 2.75) is 33.6 Å². The number of aromatic nitrogens is 4. The summed E-state index contributed by atoms with van der Waals surface area (Å²) in [6.07, 6.45) is 1.64. The van der Waals surface area contributed by atoms with Crippen molar-refractivity contribution in [3.8, 4) is 17.4 Å². The lowest BCUT2D eigenvalue weighted by Gasteiger charge is -2.08. The zero-order valence-corrected chi connectivity index (χ0v) is 16.8. The number of halogens is 1. The van der Waals surface area contributed by atoms with Gasteiger partial charge in [0.2, 0.25) is 5.89 Å². The summed E-state index contributed by atoms with van der Waals surface area (Å²) >= 11 is 6.34. The Morgan fingerprint density at radius 1 is 1.18 bits per heavy atom. The van der Waals surface area contributed by atoms with E-state index in [-0.39, 0.29) is 11.8 Å². The SMILES string of the molecule is Cc1cc(C)c2nc(-c3cc(C(C)C)nn3-c3ncccc3Cl)oc(=O)c2c1. The Morgan fingerprint density at radius 3 is 2.68 bits per heavy atom. The number of nitrogens with zero attached hydrogens (tertiary/aromatic N) is 4. The highest BCUT2D eigenvalue weighted by molar-refractivity contribution is 6.32. The van der Waals surface area contributed by atoms with E-state index in [9.17, 15) is 4.79 Å². The Bertz CT molecular complexity index is 1260. The average molecular weight is 395 g/mol. The van der Waals surface area contributed by atoms with Crippen LogP contribution >= 0.6 is 11.6 Å². The van der Waals surface area contributed by atoms with E-state index in [0.29, 0.717) is 27.4 Å². The standard InChI is InChI=1S/C21H19ClN4O2/c1-11(2)16-10-17(26(25-16)19-15(22)6-5-7-23-19)20-24-18-13(4)8-12(3)9-14(18)21(27)28-20/h5-11H,1-4H3. The fraction of sp³-hybridized carbons (Fsp3) is 0.238. The van der Waals surface area contributed by atoms with Crippen LogP contribution in [-0.4, -0.2) is 19.7 Å². The number of hydrogen-bond donors (Lipinski definition) is 0. The fourth-order valence-electron chi connectivity index (χ4n) is 3.17. The van der Waals surface area contributed by atoms with E-state index in [0.717, 1.165) is 16.8 Å². The van der Waals surface area contributed by atoms with Crippen LogP contribution in [-0.2, 0) is 0 Å². The second kappa shape index (κ2) is 6.87. The third-order valence-electron chi connectivity index (χ3n) is 4.55. The topological polar surface area (TPSA) is 73.8 Å². The molecule has 0 saturated heterocycles. The van der Waals surface area contributed by atoms with Crippen molar-refractivity contribution in [3.05, 3.63) is 68.8 Å². The molecule has 3 aromatic heterocycles. The molecule has 0 amide bonds. The monoisotopic (exact) mass is 394 g/mol. The first-order chi connectivity index (χ1) is 13.3. The van der Waals surface area contributed by atoms with Crippen LogP contribution in [0.25, 0.3) is 28.3 Å². The van der Waals surface area contributed by atoms with Gasteiger partial charge in [0.25, 0.3) is 0 Å². The molecule has 142 valence electrons. The third kappa shape index (κ3) is 3.10. The van der Waals surface area contributed by atoms with Gasteiger partial charge in [-0.2, -0.15) is 5.10 Å². The molecule has 0 aliphatic rings. The van der Waals surface area contributed by atoms with Gasteiger partial charge in [-0.1, -0.05) is 31.5 Å². The molecule has 0 atom stereocenters. The molecule has 4 rings (SSSR count). The molecule has 0 bridgehead atoms. The smallest absolute Gasteiger partial charge is 0.347 e. The summed E-state index contributed by atoms with van der Waals surface area (Å²) in [4.78, 5) is 21.6. The quantitative estimate of drug-likeness (QED) is 0.497. The van der Waals surface area contributed by atoms with Gasteiger partial charge in [0.1, 0.15) is 5.69 Å². The number of aryl methyl sites for hydroxylation is 2. The van der Waals surface area contributed by atoms with Crippen LogP contribution in [0.5, 0.6) is 0 Å². The minimum atomic E-state index is -0.433. The van der Waals surface area contributed by atoms with Gasteiger partial charge in [0.05, 0.1) is 21.6 Å². The third-order valence-corrected chi connectivity index (χ3v) is 4.84. The van der Waals surface area contributed by atoms with Crippen molar-refractivity contribution in [1.29, 1.82) is 0 Å². The van der Waals surface area contributed by atoms with Gasteiger partial charge in [-0.3, -0.25) is 0 Å². The minimum Gasteiger partial charge on any atom is -0.401 e. The summed E-state index contributed by atoms with van der Waals surface area (Å²) in [7, 11) is 0. The highest BCUT2D eigenvalue weighted by Gasteiger charge is 2.21. The van der Waals surface area contributed by atoms with E-state index in [1.807, 2.05) is 39.8 Å². The molecule has 4 aromatic rings. The van der Waals surface area contributed by atoms with Gasteiger partial charge in [0.15, 0.2) is 5.82 Å². The zero-order chi connectivity index (χ0) is 20.0. The van der Waals surface area contributed by atoms with E-state index in [2.05, 4.69) is 15.1 Å². The summed E-state index contributed by atoms with van der Waals surface area (Å²) in [5.74, 6) is 0.806. The summed E-state index contributed by atoms with van der Waals surface area (Å²) in [6.45, 7) is 7.94. The molecule has 6 nitrogen and oxygen atoms in total. The van der Waals surface area contributed by atoms with Gasteiger partial charge < -0.3 is 4.42 Å². The molecule has 28 heavy (non-hydrogen) atoms. The highest BCUT2D eigenvalue weighted by Crippen LogP contribution is 2.28. The van der Waals surface area contributed by atoms with Crippen molar-refractivity contribution >= 4 is 22.5 Å². The average Bonchev–Trinajstić information content (AvgIpc) is 3.08. The number of fused-ring (bicyclic) bond motifs is 1. The first kappa shape index (κ1) is 18.4. The maximum Gasteiger partial charge on any atom is 0.347 e. The molecule has 0 radical (unpaired) electrons. The second-order valence-electron chi connectivity index (χ2n) is 7.11. The summed E-state index contributed by atoms with van der Waals surface area (Å²) in [6, 6.07) is 9.12. The van der Waals surface area contributed by atoms with Crippen LogP contribution in [0.4, 0.5) is 0 Å². The Hall–Kier alpha value is -2.99. The molecule has 0 unspecified atom stereocenters. The fourth-order valence-corrected chi connectivity index (χ4v) is 3.37. The molecule has 0 aliphatic heterocycles. The maximum absolute atomic E-state index is 12.7. The second-order valence-corrected chi connectivity index (χ2v) is 7.52. The van der Waals surface area contributed by atoms with Gasteiger partial charge in [-0.05, 0) is 55.2 Å². The van der Waals surface area contributed by atoms with E-state index in [4.69, 9.17) is 16.0 Å². The van der Waals surface area contributed by atoms with Crippen LogP contribution < -0.4 is 5.63 Å². The first-order valence-electron chi connectivity index (χ1n) is 8.98. The van der Waals surface area contributed by atoms with Crippen molar-refractivity contribution < 1.29 is 4.42 Å². The molecular formula is C21H19ClN4O2. The number of hydrogen-bond acceptors (Lipinski definition) is 5. The molecule has 0 fully saturated rings. The molecule has 3 heterocycles. The van der Waals surface area contributed by atoms with Crippen molar-refractivity contribution in [2.24, 2.45) is 0 Å². The van der Waals surface area contributed by atoms with Crippen LogP contribution in [0, 0.1) is 13.8 Å². The first-order valence-corrected chi connectivity index (χ1v) is 9.36. The molecule has 0 spiro atoms. The van der Waals surface area contributed by atoms with Crippen molar-refractivity contribution in [2.75, 3.05) is 0 Å². The molecule has 7 heteroatoms.